The molecule has 0 aliphatic rings. The maximum absolute atomic E-state index is 12.3. The van der Waals surface area contributed by atoms with Gasteiger partial charge < -0.3 is 9.47 Å². The first-order valence-electron chi connectivity index (χ1n) is 6.81. The summed E-state index contributed by atoms with van der Waals surface area (Å²) in [5, 5.41) is 1.19. The van der Waals surface area contributed by atoms with E-state index in [0.29, 0.717) is 17.1 Å². The van der Waals surface area contributed by atoms with Gasteiger partial charge in [-0.2, -0.15) is 0 Å². The normalized spacial score (nSPS) is 11.6. The monoisotopic (exact) mass is 396 g/mol. The van der Waals surface area contributed by atoms with Crippen LogP contribution in [0.25, 0.3) is 6.08 Å². The third-order valence-corrected chi connectivity index (χ3v) is 5.00. The van der Waals surface area contributed by atoms with Gasteiger partial charge >= 0.3 is 0 Å². The minimum Gasteiger partial charge on any atom is -0.496 e. The molecule has 0 atom stereocenters. The van der Waals surface area contributed by atoms with Crippen LogP contribution < -0.4 is 9.47 Å². The Balaban J connectivity index is 2.26. The minimum absolute atomic E-state index is 0.0613. The summed E-state index contributed by atoms with van der Waals surface area (Å²) in [5.74, 6) is 1.05. The minimum atomic E-state index is -3.40. The van der Waals surface area contributed by atoms with E-state index in [4.69, 9.17) is 9.47 Å². The van der Waals surface area contributed by atoms with Crippen LogP contribution in [-0.4, -0.2) is 22.6 Å². The van der Waals surface area contributed by atoms with Crippen LogP contribution in [0.15, 0.2) is 52.3 Å². The lowest BCUT2D eigenvalue weighted by Crippen LogP contribution is -2.00. The molecular weight excluding hydrogens is 380 g/mol. The number of ether oxygens (including phenoxy) is 2. The van der Waals surface area contributed by atoms with Crippen molar-refractivity contribution < 1.29 is 17.9 Å². The second-order valence-electron chi connectivity index (χ2n) is 4.81. The summed E-state index contributed by atoms with van der Waals surface area (Å²) in [6.07, 6.45) is 1.51. The van der Waals surface area contributed by atoms with Crippen molar-refractivity contribution in [3.05, 3.63) is 63.5 Å². The van der Waals surface area contributed by atoms with E-state index in [9.17, 15) is 8.42 Å². The van der Waals surface area contributed by atoms with Crippen LogP contribution in [0.2, 0.25) is 0 Å². The van der Waals surface area contributed by atoms with E-state index >= 15 is 0 Å². The van der Waals surface area contributed by atoms with Crippen LogP contribution in [-0.2, 0) is 15.6 Å². The van der Waals surface area contributed by atoms with Crippen molar-refractivity contribution in [3.63, 3.8) is 0 Å². The molecule has 0 saturated carbocycles. The average Bonchev–Trinajstić information content (AvgIpc) is 2.54. The third kappa shape index (κ3) is 4.84. The molecule has 0 heterocycles. The Morgan fingerprint density at radius 1 is 1.00 bits per heavy atom. The molecule has 0 aliphatic heterocycles. The van der Waals surface area contributed by atoms with Crippen LogP contribution in [0.1, 0.15) is 11.1 Å². The van der Waals surface area contributed by atoms with Gasteiger partial charge in [0.05, 0.1) is 25.5 Å². The fraction of sp³-hybridized carbons (Fsp3) is 0.176. The van der Waals surface area contributed by atoms with E-state index < -0.39 is 9.84 Å². The van der Waals surface area contributed by atoms with Gasteiger partial charge in [-0.3, -0.25) is 0 Å². The predicted octanol–water partition coefficient (Wildman–Crippen LogP) is 4.05. The maximum atomic E-state index is 12.3. The summed E-state index contributed by atoms with van der Waals surface area (Å²) < 4.78 is 36.0. The lowest BCUT2D eigenvalue weighted by molar-refractivity contribution is 0.392. The number of methoxy groups -OCH3 is 2. The zero-order valence-electron chi connectivity index (χ0n) is 12.8. The number of halogens is 1. The Kier molecular flexibility index (Phi) is 5.85. The van der Waals surface area contributed by atoms with E-state index in [0.717, 1.165) is 10.0 Å². The standard InChI is InChI=1S/C17H17BrO4S/c1-21-16-4-3-5-17(22-2)15(16)10-11-23(19,20)12-13-6-8-14(18)9-7-13/h3-11H,12H2,1-2H3/b11-10+. The average molecular weight is 397 g/mol. The summed E-state index contributed by atoms with van der Waals surface area (Å²) in [4.78, 5) is 0. The lowest BCUT2D eigenvalue weighted by atomic mass is 10.2. The Morgan fingerprint density at radius 3 is 2.09 bits per heavy atom. The van der Waals surface area contributed by atoms with E-state index in [1.807, 2.05) is 12.1 Å². The van der Waals surface area contributed by atoms with Crippen LogP contribution in [0.4, 0.5) is 0 Å². The van der Waals surface area contributed by atoms with Crippen molar-refractivity contribution in [2.24, 2.45) is 0 Å². The van der Waals surface area contributed by atoms with Crippen LogP contribution in [0, 0.1) is 0 Å². The van der Waals surface area contributed by atoms with Crippen molar-refractivity contribution in [1.29, 1.82) is 0 Å². The molecule has 0 aromatic heterocycles. The molecule has 0 N–H and O–H groups in total. The van der Waals surface area contributed by atoms with Crippen molar-refractivity contribution in [2.75, 3.05) is 14.2 Å². The van der Waals surface area contributed by atoms with Gasteiger partial charge in [-0.15, -0.1) is 0 Å². The Labute approximate surface area is 144 Å². The van der Waals surface area contributed by atoms with Gasteiger partial charge in [-0.05, 0) is 35.9 Å². The van der Waals surface area contributed by atoms with Gasteiger partial charge in [0.2, 0.25) is 0 Å². The smallest absolute Gasteiger partial charge is 0.175 e. The van der Waals surface area contributed by atoms with E-state index in [-0.39, 0.29) is 5.75 Å². The topological polar surface area (TPSA) is 52.6 Å². The molecule has 2 rings (SSSR count). The Bertz CT molecular complexity index is 774. The van der Waals surface area contributed by atoms with Crippen LogP contribution in [0.3, 0.4) is 0 Å². The zero-order valence-corrected chi connectivity index (χ0v) is 15.2. The molecule has 4 nitrogen and oxygen atoms in total. The van der Waals surface area contributed by atoms with Crippen LogP contribution >= 0.6 is 15.9 Å². The highest BCUT2D eigenvalue weighted by Gasteiger charge is 2.11. The molecule has 2 aromatic carbocycles. The summed E-state index contributed by atoms with van der Waals surface area (Å²) in [5.41, 5.74) is 1.32. The van der Waals surface area contributed by atoms with Gasteiger partial charge in [0, 0.05) is 9.88 Å². The predicted molar refractivity (Wildman–Crippen MR) is 95.3 cm³/mol. The molecule has 0 aliphatic carbocycles. The molecule has 0 bridgehead atoms. The number of hydrogen-bond donors (Lipinski definition) is 0. The van der Waals surface area contributed by atoms with E-state index in [1.54, 1.807) is 30.3 Å². The highest BCUT2D eigenvalue weighted by atomic mass is 79.9. The highest BCUT2D eigenvalue weighted by molar-refractivity contribution is 9.10. The largest absolute Gasteiger partial charge is 0.496 e. The summed E-state index contributed by atoms with van der Waals surface area (Å²) in [6.45, 7) is 0. The van der Waals surface area contributed by atoms with Crippen molar-refractivity contribution in [2.45, 2.75) is 5.75 Å². The molecular formula is C17H17BrO4S. The lowest BCUT2D eigenvalue weighted by Gasteiger charge is -2.09. The van der Waals surface area contributed by atoms with Crippen molar-refractivity contribution >= 4 is 31.8 Å². The Morgan fingerprint density at radius 2 is 1.57 bits per heavy atom. The number of benzene rings is 2. The van der Waals surface area contributed by atoms with Crippen molar-refractivity contribution in [1.82, 2.24) is 0 Å². The fourth-order valence-corrected chi connectivity index (χ4v) is 3.44. The molecule has 0 fully saturated rings. The van der Waals surface area contributed by atoms with Crippen LogP contribution in [0.5, 0.6) is 11.5 Å². The highest BCUT2D eigenvalue weighted by Crippen LogP contribution is 2.30. The Hall–Kier alpha value is -1.79. The van der Waals surface area contributed by atoms with Gasteiger partial charge in [0.1, 0.15) is 11.5 Å². The third-order valence-electron chi connectivity index (χ3n) is 3.19. The summed E-state index contributed by atoms with van der Waals surface area (Å²) in [6, 6.07) is 12.5. The van der Waals surface area contributed by atoms with Crippen molar-refractivity contribution in [3.8, 4) is 11.5 Å². The zero-order chi connectivity index (χ0) is 16.9. The molecule has 6 heteroatoms. The summed E-state index contributed by atoms with van der Waals surface area (Å²) in [7, 11) is -0.342. The first kappa shape index (κ1) is 17.6. The number of sulfone groups is 1. The maximum Gasteiger partial charge on any atom is 0.175 e. The summed E-state index contributed by atoms with van der Waals surface area (Å²) >= 11 is 3.33. The molecule has 2 aromatic rings. The molecule has 0 unspecified atom stereocenters. The van der Waals surface area contributed by atoms with Gasteiger partial charge in [0.15, 0.2) is 9.84 Å². The van der Waals surface area contributed by atoms with E-state index in [2.05, 4.69) is 15.9 Å². The fourth-order valence-electron chi connectivity index (χ4n) is 2.08. The second-order valence-corrected chi connectivity index (χ2v) is 7.61. The molecule has 122 valence electrons. The van der Waals surface area contributed by atoms with Gasteiger partial charge in [0.25, 0.3) is 0 Å². The number of rotatable bonds is 6. The molecule has 0 radical (unpaired) electrons. The molecule has 0 saturated heterocycles. The quantitative estimate of drug-likeness (QED) is 0.738. The van der Waals surface area contributed by atoms with Gasteiger partial charge in [-0.1, -0.05) is 34.1 Å². The van der Waals surface area contributed by atoms with E-state index in [1.165, 1.54) is 25.7 Å². The first-order valence-corrected chi connectivity index (χ1v) is 9.32. The molecule has 23 heavy (non-hydrogen) atoms. The molecule has 0 spiro atoms. The SMILES string of the molecule is COc1cccc(OC)c1/C=C/S(=O)(=O)Cc1ccc(Br)cc1. The second kappa shape index (κ2) is 7.66. The number of hydrogen-bond acceptors (Lipinski definition) is 4. The first-order chi connectivity index (χ1) is 10.9. The van der Waals surface area contributed by atoms with Gasteiger partial charge in [-0.25, -0.2) is 8.42 Å². The molecule has 0 amide bonds.